The molecule has 9 heteroatoms. The van der Waals surface area contributed by atoms with Gasteiger partial charge in [0.15, 0.2) is 9.84 Å². The third-order valence-electron chi connectivity index (χ3n) is 5.91. The Kier molecular flexibility index (Phi) is 9.52. The van der Waals surface area contributed by atoms with Gasteiger partial charge in [0.05, 0.1) is 0 Å². The zero-order chi connectivity index (χ0) is 28.2. The third kappa shape index (κ3) is 7.30. The summed E-state index contributed by atoms with van der Waals surface area (Å²) in [5, 5.41) is -1.50. The quantitative estimate of drug-likeness (QED) is 0.196. The molecule has 0 aromatic heterocycles. The lowest BCUT2D eigenvalue weighted by Crippen LogP contribution is -2.19. The monoisotopic (exact) mass is 622 g/mol. The molecular formula is C30H20Cl4F2O2S. The minimum Gasteiger partial charge on any atom is -0.227 e. The lowest BCUT2D eigenvalue weighted by atomic mass is 10.1. The topological polar surface area (TPSA) is 34.1 Å². The number of rotatable bonds is 8. The molecule has 0 radical (unpaired) electrons. The van der Waals surface area contributed by atoms with Gasteiger partial charge in [-0.2, -0.15) is 0 Å². The molecule has 39 heavy (non-hydrogen) atoms. The van der Waals surface area contributed by atoms with E-state index in [0.717, 1.165) is 0 Å². The van der Waals surface area contributed by atoms with Crippen molar-refractivity contribution in [3.8, 4) is 0 Å². The van der Waals surface area contributed by atoms with Crippen LogP contribution in [0.4, 0.5) is 8.78 Å². The molecular weight excluding hydrogens is 604 g/mol. The van der Waals surface area contributed by atoms with Crippen LogP contribution in [0.5, 0.6) is 0 Å². The van der Waals surface area contributed by atoms with Crippen molar-refractivity contribution in [2.45, 2.75) is 10.5 Å². The van der Waals surface area contributed by atoms with Gasteiger partial charge in [-0.05, 0) is 70.8 Å². The lowest BCUT2D eigenvalue weighted by Gasteiger charge is -2.23. The Labute approximate surface area is 246 Å². The van der Waals surface area contributed by atoms with Gasteiger partial charge in [-0.25, -0.2) is 17.2 Å². The van der Waals surface area contributed by atoms with E-state index in [1.54, 1.807) is 36.4 Å². The van der Waals surface area contributed by atoms with Crippen LogP contribution in [0.15, 0.2) is 97.1 Å². The second-order valence-electron chi connectivity index (χ2n) is 8.58. The third-order valence-corrected chi connectivity index (χ3v) is 9.28. The van der Waals surface area contributed by atoms with E-state index in [9.17, 15) is 17.2 Å². The summed E-state index contributed by atoms with van der Waals surface area (Å²) in [4.78, 5) is 0. The van der Waals surface area contributed by atoms with Crippen LogP contribution in [0.2, 0.25) is 20.1 Å². The maximum atomic E-state index is 14.5. The number of benzene rings is 4. The van der Waals surface area contributed by atoms with Gasteiger partial charge in [0, 0.05) is 20.1 Å². The Morgan fingerprint density at radius 2 is 0.923 bits per heavy atom. The Morgan fingerprint density at radius 3 is 1.26 bits per heavy atom. The first-order valence-electron chi connectivity index (χ1n) is 11.5. The summed E-state index contributed by atoms with van der Waals surface area (Å²) in [6.07, 6.45) is 6.13. The van der Waals surface area contributed by atoms with E-state index in [1.807, 2.05) is 0 Å². The van der Waals surface area contributed by atoms with Crippen LogP contribution in [0.3, 0.4) is 0 Å². The lowest BCUT2D eigenvalue weighted by molar-refractivity contribution is 0.584. The minimum atomic E-state index is -4.17. The minimum absolute atomic E-state index is 0.156. The molecule has 0 aliphatic carbocycles. The average molecular weight is 624 g/mol. The predicted octanol–water partition coefficient (Wildman–Crippen LogP) is 10.2. The largest absolute Gasteiger partial charge is 0.227 e. The van der Waals surface area contributed by atoms with Crippen LogP contribution in [-0.2, 0) is 9.84 Å². The Morgan fingerprint density at radius 1 is 0.564 bits per heavy atom. The number of halogens is 6. The average Bonchev–Trinajstić information content (AvgIpc) is 2.88. The zero-order valence-corrected chi connectivity index (χ0v) is 23.9. The van der Waals surface area contributed by atoms with Crippen molar-refractivity contribution in [3.63, 3.8) is 0 Å². The molecule has 2 unspecified atom stereocenters. The molecule has 200 valence electrons. The molecule has 4 aromatic rings. The smallest absolute Gasteiger partial charge is 0.171 e. The van der Waals surface area contributed by atoms with Crippen molar-refractivity contribution in [2.24, 2.45) is 0 Å². The zero-order valence-electron chi connectivity index (χ0n) is 20.0. The molecule has 0 amide bonds. The van der Waals surface area contributed by atoms with Crippen molar-refractivity contribution in [3.05, 3.63) is 151 Å². The molecule has 0 aliphatic heterocycles. The number of sulfone groups is 1. The van der Waals surface area contributed by atoms with Crippen LogP contribution in [-0.4, -0.2) is 8.42 Å². The van der Waals surface area contributed by atoms with Gasteiger partial charge in [-0.3, -0.25) is 0 Å². The van der Waals surface area contributed by atoms with E-state index in [2.05, 4.69) is 0 Å². The second kappa shape index (κ2) is 12.7. The molecule has 4 aromatic carbocycles. The van der Waals surface area contributed by atoms with E-state index in [1.165, 1.54) is 72.8 Å². The Hall–Kier alpha value is -2.67. The maximum Gasteiger partial charge on any atom is 0.171 e. The second-order valence-corrected chi connectivity index (χ2v) is 12.5. The van der Waals surface area contributed by atoms with E-state index in [-0.39, 0.29) is 10.0 Å². The van der Waals surface area contributed by atoms with E-state index in [0.29, 0.717) is 32.3 Å². The standard InChI is InChI=1S/C30H20Cl4F2O2S/c31-21-7-13-25(27(33)17-21)29(15-5-19-1-9-23(35)10-2-19)39(37,38)30(26-14-8-22(32)18-28(26)34)16-6-20-3-11-24(36)12-4-20/h1-18,29-30H/b15-5+,16-6+. The maximum absolute atomic E-state index is 14.5. The van der Waals surface area contributed by atoms with Crippen LogP contribution in [0, 0.1) is 11.6 Å². The summed E-state index contributed by atoms with van der Waals surface area (Å²) in [5.41, 5.74) is 1.77. The molecule has 2 atom stereocenters. The summed E-state index contributed by atoms with van der Waals surface area (Å²) in [7, 11) is -4.17. The van der Waals surface area contributed by atoms with Crippen molar-refractivity contribution in [1.29, 1.82) is 0 Å². The summed E-state index contributed by atoms with van der Waals surface area (Å²) in [6, 6.07) is 20.4. The van der Waals surface area contributed by atoms with Crippen molar-refractivity contribution >= 4 is 68.4 Å². The molecule has 0 spiro atoms. The highest BCUT2D eigenvalue weighted by atomic mass is 35.5. The van der Waals surface area contributed by atoms with E-state index in [4.69, 9.17) is 46.4 Å². The molecule has 4 rings (SSSR count). The van der Waals surface area contributed by atoms with Crippen molar-refractivity contribution < 1.29 is 17.2 Å². The summed E-state index contributed by atoms with van der Waals surface area (Å²) in [6.45, 7) is 0. The fourth-order valence-corrected chi connectivity index (χ4v) is 7.16. The highest BCUT2D eigenvalue weighted by molar-refractivity contribution is 7.92. The summed E-state index contributed by atoms with van der Waals surface area (Å²) < 4.78 is 55.8. The van der Waals surface area contributed by atoms with Gasteiger partial charge in [0.25, 0.3) is 0 Å². The van der Waals surface area contributed by atoms with Crippen molar-refractivity contribution in [2.75, 3.05) is 0 Å². The van der Waals surface area contributed by atoms with Gasteiger partial charge in [-0.15, -0.1) is 0 Å². The van der Waals surface area contributed by atoms with Crippen LogP contribution in [0.25, 0.3) is 12.2 Å². The van der Waals surface area contributed by atoms with Gasteiger partial charge in [0.2, 0.25) is 0 Å². The van der Waals surface area contributed by atoms with E-state index >= 15 is 0 Å². The fourth-order valence-electron chi connectivity index (χ4n) is 3.95. The molecule has 2 nitrogen and oxygen atoms in total. The Bertz CT molecular complexity index is 1520. The van der Waals surface area contributed by atoms with Crippen molar-refractivity contribution in [1.82, 2.24) is 0 Å². The Balaban J connectivity index is 1.88. The van der Waals surface area contributed by atoms with Gasteiger partial charge in [-0.1, -0.05) is 107 Å². The first kappa shape index (κ1) is 29.3. The summed E-state index contributed by atoms with van der Waals surface area (Å²) >= 11 is 25.2. The molecule has 0 saturated heterocycles. The first-order valence-corrected chi connectivity index (χ1v) is 14.7. The van der Waals surface area contributed by atoms with Crippen LogP contribution in [0.1, 0.15) is 32.8 Å². The molecule has 0 saturated carbocycles. The number of hydrogen-bond donors (Lipinski definition) is 0. The van der Waals surface area contributed by atoms with E-state index < -0.39 is 32.0 Å². The normalized spacial score (nSPS) is 13.7. The first-order chi connectivity index (χ1) is 18.5. The van der Waals surface area contributed by atoms with Gasteiger partial charge < -0.3 is 0 Å². The fraction of sp³-hybridized carbons (Fsp3) is 0.0667. The highest BCUT2D eigenvalue weighted by Gasteiger charge is 2.35. The SMILES string of the molecule is O=S(=O)(C(/C=C/c1ccc(F)cc1)c1ccc(Cl)cc1Cl)C(/C=C/c1ccc(F)cc1)c1ccc(Cl)cc1Cl. The van der Waals surface area contributed by atoms with Crippen LogP contribution < -0.4 is 0 Å². The van der Waals surface area contributed by atoms with Gasteiger partial charge >= 0.3 is 0 Å². The molecule has 0 heterocycles. The van der Waals surface area contributed by atoms with Crippen LogP contribution >= 0.6 is 46.4 Å². The highest BCUT2D eigenvalue weighted by Crippen LogP contribution is 2.42. The van der Waals surface area contributed by atoms with Gasteiger partial charge in [0.1, 0.15) is 22.1 Å². The molecule has 0 aliphatic rings. The number of hydrogen-bond acceptors (Lipinski definition) is 2. The molecule has 0 bridgehead atoms. The molecule has 0 N–H and O–H groups in total. The molecule has 0 fully saturated rings. The predicted molar refractivity (Wildman–Crippen MR) is 158 cm³/mol. The summed E-state index contributed by atoms with van der Waals surface area (Å²) in [5.74, 6) is -0.833.